The van der Waals surface area contributed by atoms with E-state index in [0.717, 1.165) is 18.7 Å². The van der Waals surface area contributed by atoms with Gasteiger partial charge in [-0.3, -0.25) is 19.4 Å². The lowest BCUT2D eigenvalue weighted by molar-refractivity contribution is -0.115. The Hall–Kier alpha value is -3.66. The number of carbonyl (C=O) groups excluding carboxylic acids is 3. The van der Waals surface area contributed by atoms with Crippen LogP contribution in [0.25, 0.3) is 0 Å². The second-order valence-electron chi connectivity index (χ2n) is 9.46. The van der Waals surface area contributed by atoms with Gasteiger partial charge in [0.25, 0.3) is 11.8 Å². The predicted octanol–water partition coefficient (Wildman–Crippen LogP) is 3.51. The van der Waals surface area contributed by atoms with Crippen LogP contribution in [0.2, 0.25) is 10.0 Å². The van der Waals surface area contributed by atoms with Gasteiger partial charge in [0.2, 0.25) is 5.91 Å². The third-order valence-electron chi connectivity index (χ3n) is 6.22. The van der Waals surface area contributed by atoms with E-state index in [1.807, 2.05) is 43.3 Å². The van der Waals surface area contributed by atoms with Crippen molar-refractivity contribution < 1.29 is 14.4 Å². The van der Waals surface area contributed by atoms with Gasteiger partial charge in [-0.05, 0) is 63.0 Å². The maximum absolute atomic E-state index is 13.0. The fraction of sp³-hybridized carbons (Fsp3) is 0.286. The number of benzene rings is 2. The minimum absolute atomic E-state index is 0.0861. The van der Waals surface area contributed by atoms with Crippen molar-refractivity contribution in [1.29, 1.82) is 0 Å². The maximum Gasteiger partial charge on any atom is 0.271 e. The van der Waals surface area contributed by atoms with Crippen LogP contribution in [0.4, 0.5) is 11.4 Å². The molecule has 0 unspecified atom stereocenters. The number of aliphatic imine (C=N–C) groups is 1. The van der Waals surface area contributed by atoms with E-state index in [0.29, 0.717) is 31.0 Å². The summed E-state index contributed by atoms with van der Waals surface area (Å²) in [5.41, 5.74) is 2.35. The van der Waals surface area contributed by atoms with Crippen molar-refractivity contribution in [2.45, 2.75) is 12.5 Å². The second kappa shape index (κ2) is 12.9. The first-order valence-corrected chi connectivity index (χ1v) is 13.3. The van der Waals surface area contributed by atoms with Gasteiger partial charge >= 0.3 is 0 Å². The zero-order valence-corrected chi connectivity index (χ0v) is 23.2. The highest BCUT2D eigenvalue weighted by molar-refractivity contribution is 6.46. The molecule has 0 saturated carbocycles. The summed E-state index contributed by atoms with van der Waals surface area (Å²) in [7, 11) is 3.87. The van der Waals surface area contributed by atoms with Crippen LogP contribution in [0.3, 0.4) is 0 Å². The van der Waals surface area contributed by atoms with E-state index in [4.69, 9.17) is 23.2 Å². The zero-order chi connectivity index (χ0) is 27.9. The Kier molecular flexibility index (Phi) is 9.40. The molecule has 204 valence electrons. The highest BCUT2D eigenvalue weighted by atomic mass is 35.5. The monoisotopic (exact) mass is 568 g/mol. The molecule has 0 bridgehead atoms. The molecule has 0 aliphatic carbocycles. The molecule has 2 aliphatic heterocycles. The van der Waals surface area contributed by atoms with E-state index >= 15 is 0 Å². The lowest BCUT2D eigenvalue weighted by atomic mass is 10.1. The number of amides is 3. The fourth-order valence-corrected chi connectivity index (χ4v) is 4.86. The maximum atomic E-state index is 13.0. The van der Waals surface area contributed by atoms with Gasteiger partial charge in [-0.15, -0.1) is 0 Å². The van der Waals surface area contributed by atoms with Crippen LogP contribution < -0.4 is 20.9 Å². The Morgan fingerprint density at radius 3 is 2.46 bits per heavy atom. The van der Waals surface area contributed by atoms with Crippen LogP contribution in [0, 0.1) is 0 Å². The molecular formula is C28H30Cl2N6O3. The number of likely N-dealkylation sites (N-methyl/N-ethyl adjacent to an activating group) is 1. The number of nitrogens with one attached hydrogen (secondary N) is 3. The molecule has 9 nitrogen and oxygen atoms in total. The van der Waals surface area contributed by atoms with Crippen LogP contribution >= 0.6 is 23.2 Å². The van der Waals surface area contributed by atoms with Gasteiger partial charge in [0.15, 0.2) is 0 Å². The smallest absolute Gasteiger partial charge is 0.271 e. The average molecular weight is 569 g/mol. The molecule has 4 rings (SSSR count). The second-order valence-corrected chi connectivity index (χ2v) is 10.3. The van der Waals surface area contributed by atoms with Gasteiger partial charge in [-0.25, -0.2) is 0 Å². The quantitative estimate of drug-likeness (QED) is 0.401. The highest BCUT2D eigenvalue weighted by Crippen LogP contribution is 2.25. The molecule has 2 aliphatic rings. The predicted molar refractivity (Wildman–Crippen MR) is 156 cm³/mol. The minimum Gasteiger partial charge on any atom is -0.369 e. The number of anilines is 2. The molecule has 1 fully saturated rings. The fourth-order valence-electron chi connectivity index (χ4n) is 4.29. The molecule has 3 N–H and O–H groups in total. The molecule has 11 heteroatoms. The first-order valence-electron chi connectivity index (χ1n) is 12.5. The average Bonchev–Trinajstić information content (AvgIpc) is 3.54. The summed E-state index contributed by atoms with van der Waals surface area (Å²) in [6.45, 7) is 2.37. The molecule has 0 aromatic heterocycles. The molecule has 39 heavy (non-hydrogen) atoms. The highest BCUT2D eigenvalue weighted by Gasteiger charge is 2.29. The van der Waals surface area contributed by atoms with Crippen molar-refractivity contribution in [2.24, 2.45) is 4.99 Å². The van der Waals surface area contributed by atoms with Crippen LogP contribution in [-0.2, 0) is 9.59 Å². The summed E-state index contributed by atoms with van der Waals surface area (Å²) in [6.07, 6.45) is 5.76. The van der Waals surface area contributed by atoms with Crippen molar-refractivity contribution in [3.05, 3.63) is 82.0 Å². The number of nitrogens with zero attached hydrogens (tertiary/aromatic N) is 3. The van der Waals surface area contributed by atoms with E-state index in [-0.39, 0.29) is 39.2 Å². The van der Waals surface area contributed by atoms with Gasteiger partial charge < -0.3 is 25.8 Å². The summed E-state index contributed by atoms with van der Waals surface area (Å²) in [4.78, 5) is 46.2. The molecule has 0 radical (unpaired) electrons. The molecule has 1 saturated heterocycles. The number of hydrogen-bond acceptors (Lipinski definition) is 6. The number of halogens is 2. The third kappa shape index (κ3) is 7.47. The zero-order valence-electron chi connectivity index (χ0n) is 21.7. The number of hydrogen-bond donors (Lipinski definition) is 3. The van der Waals surface area contributed by atoms with E-state index in [2.05, 4.69) is 25.8 Å². The molecule has 0 spiro atoms. The summed E-state index contributed by atoms with van der Waals surface area (Å²) in [6, 6.07) is 12.3. The first kappa shape index (κ1) is 28.4. The summed E-state index contributed by atoms with van der Waals surface area (Å²) < 4.78 is 0. The molecule has 3 amide bonds. The topological polar surface area (TPSA) is 106 Å². The van der Waals surface area contributed by atoms with Gasteiger partial charge in [0, 0.05) is 43.1 Å². The van der Waals surface area contributed by atoms with Crippen molar-refractivity contribution in [3.8, 4) is 0 Å². The standard InChI is InChI=1S/C28H30Cl2N6O3/c1-35(2)15-4-7-24(37)32-18-8-10-20(11-9-18)36-16-13-19(17-36)33-28(39)26-23(12-14-31-26)34-27(38)25-21(29)5-3-6-22(25)30/h3-12,19H,13-17H2,1-2H3,(H,32,37)(H,33,39)(H,34,38)/b7-4+/t19-/m0/s1. The summed E-state index contributed by atoms with van der Waals surface area (Å²) >= 11 is 12.3. The lowest BCUT2D eigenvalue weighted by Gasteiger charge is -2.20. The van der Waals surface area contributed by atoms with Gasteiger partial charge in [0.05, 0.1) is 27.9 Å². The minimum atomic E-state index is -0.504. The van der Waals surface area contributed by atoms with Crippen molar-refractivity contribution in [3.63, 3.8) is 0 Å². The molecule has 2 aromatic rings. The Morgan fingerprint density at radius 2 is 1.77 bits per heavy atom. The van der Waals surface area contributed by atoms with Gasteiger partial charge in [-0.1, -0.05) is 35.3 Å². The van der Waals surface area contributed by atoms with Crippen LogP contribution in [0.1, 0.15) is 16.8 Å². The largest absolute Gasteiger partial charge is 0.369 e. The molecule has 2 aromatic carbocycles. The van der Waals surface area contributed by atoms with E-state index < -0.39 is 5.91 Å². The Morgan fingerprint density at radius 1 is 1.05 bits per heavy atom. The SMILES string of the molecule is CN(C)C/C=C/C(=O)Nc1ccc(N2CC[C@H](NC(=O)C3=NCC=C3NC(=O)c3c(Cl)cccc3Cl)C2)cc1. The van der Waals surface area contributed by atoms with E-state index in [1.165, 1.54) is 6.08 Å². The van der Waals surface area contributed by atoms with Gasteiger partial charge in [-0.2, -0.15) is 0 Å². The van der Waals surface area contributed by atoms with Crippen molar-refractivity contribution >= 4 is 58.0 Å². The van der Waals surface area contributed by atoms with Crippen molar-refractivity contribution in [2.75, 3.05) is 50.5 Å². The number of rotatable bonds is 9. The third-order valence-corrected chi connectivity index (χ3v) is 6.85. The van der Waals surface area contributed by atoms with Crippen LogP contribution in [0.15, 0.2) is 71.4 Å². The van der Waals surface area contributed by atoms with E-state index in [1.54, 1.807) is 30.4 Å². The molecular weight excluding hydrogens is 539 g/mol. The Bertz CT molecular complexity index is 1320. The Balaban J connectivity index is 1.29. The summed E-state index contributed by atoms with van der Waals surface area (Å²) in [5.74, 6) is -1.03. The van der Waals surface area contributed by atoms with Crippen LogP contribution in [-0.4, -0.2) is 74.6 Å². The van der Waals surface area contributed by atoms with Crippen LogP contribution in [0.5, 0.6) is 0 Å². The first-order chi connectivity index (χ1) is 18.7. The number of carbonyl (C=O) groups is 3. The molecule has 1 atom stereocenters. The van der Waals surface area contributed by atoms with Gasteiger partial charge in [0.1, 0.15) is 5.71 Å². The van der Waals surface area contributed by atoms with E-state index in [9.17, 15) is 14.4 Å². The molecule has 2 heterocycles. The lowest BCUT2D eigenvalue weighted by Crippen LogP contribution is -2.43. The Labute approximate surface area is 237 Å². The van der Waals surface area contributed by atoms with Crippen molar-refractivity contribution in [1.82, 2.24) is 15.5 Å². The summed E-state index contributed by atoms with van der Waals surface area (Å²) in [5, 5.41) is 9.04. The normalized spacial score (nSPS) is 16.8.